The standard InChI is InChI=1S/C9H11NO3/c10-8-6-7(2-1-5-11)3-4-9(8)13-12/h1-4,6,11-12H,5,10H2. The summed E-state index contributed by atoms with van der Waals surface area (Å²) in [6.45, 7) is -0.0157. The summed E-state index contributed by atoms with van der Waals surface area (Å²) >= 11 is 0. The van der Waals surface area contributed by atoms with Crippen LogP contribution in [0.5, 0.6) is 5.75 Å². The molecule has 0 radical (unpaired) electrons. The minimum atomic E-state index is -0.0157. The van der Waals surface area contributed by atoms with Crippen LogP contribution >= 0.6 is 0 Å². The Labute approximate surface area is 75.8 Å². The topological polar surface area (TPSA) is 75.7 Å². The first-order valence-electron chi connectivity index (χ1n) is 3.76. The number of hydrogen-bond donors (Lipinski definition) is 3. The number of nitrogen functional groups attached to an aromatic ring is 1. The van der Waals surface area contributed by atoms with E-state index < -0.39 is 0 Å². The fourth-order valence-corrected chi connectivity index (χ4v) is 0.943. The second kappa shape index (κ2) is 4.49. The van der Waals surface area contributed by atoms with Crippen molar-refractivity contribution in [3.8, 4) is 5.75 Å². The van der Waals surface area contributed by atoms with E-state index >= 15 is 0 Å². The zero-order valence-corrected chi connectivity index (χ0v) is 6.97. The Balaban J connectivity index is 2.89. The minimum absolute atomic E-state index is 0.0157. The predicted molar refractivity (Wildman–Crippen MR) is 50.2 cm³/mol. The zero-order valence-electron chi connectivity index (χ0n) is 6.97. The van der Waals surface area contributed by atoms with Gasteiger partial charge in [0, 0.05) is 0 Å². The Bertz CT molecular complexity index is 310. The van der Waals surface area contributed by atoms with Crippen LogP contribution in [-0.2, 0) is 0 Å². The Kier molecular flexibility index (Phi) is 3.31. The van der Waals surface area contributed by atoms with Crippen molar-refractivity contribution in [2.24, 2.45) is 0 Å². The summed E-state index contributed by atoms with van der Waals surface area (Å²) in [4.78, 5) is 4.01. The monoisotopic (exact) mass is 181 g/mol. The van der Waals surface area contributed by atoms with Gasteiger partial charge in [0.25, 0.3) is 0 Å². The lowest BCUT2D eigenvalue weighted by molar-refractivity contribution is -0.136. The number of aliphatic hydroxyl groups excluding tert-OH is 1. The van der Waals surface area contributed by atoms with Gasteiger partial charge in [-0.3, -0.25) is 0 Å². The summed E-state index contributed by atoms with van der Waals surface area (Å²) < 4.78 is 0. The molecular formula is C9H11NO3. The lowest BCUT2D eigenvalue weighted by Crippen LogP contribution is -1.92. The Hall–Kier alpha value is -1.52. The number of benzene rings is 1. The normalized spacial score (nSPS) is 10.6. The summed E-state index contributed by atoms with van der Waals surface area (Å²) in [5, 5.41) is 16.9. The van der Waals surface area contributed by atoms with Crippen molar-refractivity contribution >= 4 is 11.8 Å². The van der Waals surface area contributed by atoms with Crippen LogP contribution in [0.1, 0.15) is 5.56 Å². The molecule has 0 aliphatic heterocycles. The molecule has 0 amide bonds. The van der Waals surface area contributed by atoms with Gasteiger partial charge in [0.1, 0.15) is 0 Å². The second-order valence-corrected chi connectivity index (χ2v) is 2.47. The Morgan fingerprint density at radius 1 is 1.46 bits per heavy atom. The molecule has 0 spiro atoms. The van der Waals surface area contributed by atoms with E-state index in [2.05, 4.69) is 4.89 Å². The first-order chi connectivity index (χ1) is 6.27. The average molecular weight is 181 g/mol. The lowest BCUT2D eigenvalue weighted by atomic mass is 10.2. The molecule has 4 heteroatoms. The van der Waals surface area contributed by atoms with E-state index in [1.807, 2.05) is 0 Å². The van der Waals surface area contributed by atoms with Crippen molar-refractivity contribution in [1.82, 2.24) is 0 Å². The second-order valence-electron chi connectivity index (χ2n) is 2.47. The third-order valence-corrected chi connectivity index (χ3v) is 1.55. The van der Waals surface area contributed by atoms with Crippen molar-refractivity contribution in [3.05, 3.63) is 29.8 Å². The highest BCUT2D eigenvalue weighted by Crippen LogP contribution is 2.22. The van der Waals surface area contributed by atoms with Crippen LogP contribution in [0.2, 0.25) is 0 Å². The third kappa shape index (κ3) is 2.47. The maximum atomic E-state index is 8.51. The molecule has 0 unspecified atom stereocenters. The van der Waals surface area contributed by atoms with E-state index in [4.69, 9.17) is 16.1 Å². The molecule has 0 aliphatic rings. The van der Waals surface area contributed by atoms with Crippen LogP contribution < -0.4 is 10.6 Å². The van der Waals surface area contributed by atoms with Crippen LogP contribution in [0, 0.1) is 0 Å². The summed E-state index contributed by atoms with van der Waals surface area (Å²) in [5.41, 5.74) is 6.71. The molecule has 0 heterocycles. The van der Waals surface area contributed by atoms with Crippen LogP contribution in [0.25, 0.3) is 6.08 Å². The van der Waals surface area contributed by atoms with Crippen LogP contribution in [0.4, 0.5) is 5.69 Å². The van der Waals surface area contributed by atoms with Crippen molar-refractivity contribution < 1.29 is 15.3 Å². The van der Waals surface area contributed by atoms with Crippen molar-refractivity contribution in [2.45, 2.75) is 0 Å². The predicted octanol–water partition coefficient (Wildman–Crippen LogP) is 1.13. The number of nitrogens with two attached hydrogens (primary N) is 1. The first-order valence-corrected chi connectivity index (χ1v) is 3.76. The molecule has 0 fully saturated rings. The number of rotatable bonds is 3. The highest BCUT2D eigenvalue weighted by Gasteiger charge is 1.99. The van der Waals surface area contributed by atoms with Gasteiger partial charge in [0.15, 0.2) is 5.75 Å². The van der Waals surface area contributed by atoms with Gasteiger partial charge in [-0.1, -0.05) is 18.2 Å². The van der Waals surface area contributed by atoms with E-state index in [1.165, 1.54) is 0 Å². The zero-order chi connectivity index (χ0) is 9.68. The molecule has 0 aliphatic carbocycles. The van der Waals surface area contributed by atoms with E-state index in [0.29, 0.717) is 5.69 Å². The van der Waals surface area contributed by atoms with E-state index in [9.17, 15) is 0 Å². The van der Waals surface area contributed by atoms with Crippen LogP contribution in [0.3, 0.4) is 0 Å². The molecule has 1 aromatic rings. The van der Waals surface area contributed by atoms with Gasteiger partial charge in [0.05, 0.1) is 12.3 Å². The van der Waals surface area contributed by atoms with Crippen LogP contribution in [0.15, 0.2) is 24.3 Å². The molecule has 0 aromatic heterocycles. The molecule has 0 atom stereocenters. The van der Waals surface area contributed by atoms with Gasteiger partial charge in [-0.2, -0.15) is 0 Å². The van der Waals surface area contributed by atoms with E-state index in [0.717, 1.165) is 5.56 Å². The van der Waals surface area contributed by atoms with Gasteiger partial charge in [-0.05, 0) is 17.7 Å². The Morgan fingerprint density at radius 2 is 2.23 bits per heavy atom. The largest absolute Gasteiger partial charge is 0.396 e. The third-order valence-electron chi connectivity index (χ3n) is 1.55. The van der Waals surface area contributed by atoms with Gasteiger partial charge in [0.2, 0.25) is 0 Å². The minimum Gasteiger partial charge on any atom is -0.396 e. The van der Waals surface area contributed by atoms with Crippen molar-refractivity contribution in [3.63, 3.8) is 0 Å². The van der Waals surface area contributed by atoms with Gasteiger partial charge >= 0.3 is 0 Å². The number of hydrogen-bond acceptors (Lipinski definition) is 4. The van der Waals surface area contributed by atoms with Gasteiger partial charge in [-0.15, -0.1) is 0 Å². The molecule has 13 heavy (non-hydrogen) atoms. The van der Waals surface area contributed by atoms with Crippen LogP contribution in [-0.4, -0.2) is 17.0 Å². The number of anilines is 1. The highest BCUT2D eigenvalue weighted by molar-refractivity contribution is 5.61. The fraction of sp³-hybridized carbons (Fsp3) is 0.111. The first kappa shape index (κ1) is 9.57. The maximum Gasteiger partial charge on any atom is 0.187 e. The molecule has 70 valence electrons. The number of aliphatic hydroxyl groups is 1. The average Bonchev–Trinajstić information content (AvgIpc) is 2.15. The summed E-state index contributed by atoms with van der Waals surface area (Å²) in [6, 6.07) is 4.90. The highest BCUT2D eigenvalue weighted by atomic mass is 17.1. The van der Waals surface area contributed by atoms with Gasteiger partial charge < -0.3 is 15.7 Å². The summed E-state index contributed by atoms with van der Waals surface area (Å²) in [7, 11) is 0. The maximum absolute atomic E-state index is 8.51. The molecule has 1 rings (SSSR count). The summed E-state index contributed by atoms with van der Waals surface area (Å²) in [5.74, 6) is 0.223. The van der Waals surface area contributed by atoms with Crippen molar-refractivity contribution in [2.75, 3.05) is 12.3 Å². The summed E-state index contributed by atoms with van der Waals surface area (Å²) in [6.07, 6.45) is 3.31. The van der Waals surface area contributed by atoms with E-state index in [1.54, 1.807) is 30.4 Å². The Morgan fingerprint density at radius 3 is 2.77 bits per heavy atom. The molecule has 4 nitrogen and oxygen atoms in total. The van der Waals surface area contributed by atoms with E-state index in [-0.39, 0.29) is 12.4 Å². The quantitative estimate of drug-likeness (QED) is 0.371. The molecular weight excluding hydrogens is 170 g/mol. The molecule has 0 bridgehead atoms. The van der Waals surface area contributed by atoms with Gasteiger partial charge in [-0.25, -0.2) is 5.26 Å². The lowest BCUT2D eigenvalue weighted by Gasteiger charge is -2.01. The smallest absolute Gasteiger partial charge is 0.187 e. The molecule has 0 saturated carbocycles. The van der Waals surface area contributed by atoms with Crippen molar-refractivity contribution in [1.29, 1.82) is 0 Å². The SMILES string of the molecule is Nc1cc(C=CCO)ccc1OO. The fourth-order valence-electron chi connectivity index (χ4n) is 0.943. The molecule has 0 saturated heterocycles. The molecule has 4 N–H and O–H groups in total. The molecule has 1 aromatic carbocycles.